The minimum absolute atomic E-state index is 0.623. The first-order valence-corrected chi connectivity index (χ1v) is 14.7. The van der Waals surface area contributed by atoms with Gasteiger partial charge in [0.05, 0.1) is 0 Å². The van der Waals surface area contributed by atoms with Crippen LogP contribution < -0.4 is 0 Å². The van der Waals surface area contributed by atoms with Gasteiger partial charge in [-0.05, 0) is 79.2 Å². The van der Waals surface area contributed by atoms with Gasteiger partial charge in [0.15, 0.2) is 0 Å². The molecule has 0 heterocycles. The van der Waals surface area contributed by atoms with E-state index in [4.69, 9.17) is 0 Å². The second-order valence-electron chi connectivity index (χ2n) is 12.1. The molecule has 182 valence electrons. The highest BCUT2D eigenvalue weighted by Gasteiger charge is 2.31. The maximum absolute atomic E-state index is 2.57. The zero-order valence-electron chi connectivity index (χ0n) is 22.0. The average Bonchev–Trinajstić information content (AvgIpc) is 2.83. The number of hydrogen-bond donors (Lipinski definition) is 0. The highest BCUT2D eigenvalue weighted by molar-refractivity contribution is 5.26. The summed E-state index contributed by atoms with van der Waals surface area (Å²) in [6.07, 6.45) is 27.3. The van der Waals surface area contributed by atoms with Crippen LogP contribution in [0, 0.1) is 17.3 Å². The Morgan fingerprint density at radius 3 is 1.91 bits per heavy atom. The molecule has 0 nitrogen and oxygen atoms in total. The topological polar surface area (TPSA) is 0 Å². The zero-order valence-corrected chi connectivity index (χ0v) is 22.0. The molecule has 1 aromatic rings. The molecule has 2 fully saturated rings. The highest BCUT2D eigenvalue weighted by Crippen LogP contribution is 2.45. The second kappa shape index (κ2) is 13.8. The first-order chi connectivity index (χ1) is 15.6. The van der Waals surface area contributed by atoms with Crippen molar-refractivity contribution >= 4 is 0 Å². The average molecular weight is 439 g/mol. The van der Waals surface area contributed by atoms with E-state index in [0.717, 1.165) is 17.8 Å². The molecule has 0 heteroatoms. The predicted octanol–water partition coefficient (Wildman–Crippen LogP) is 10.6. The fourth-order valence-electron chi connectivity index (χ4n) is 6.68. The van der Waals surface area contributed by atoms with Crippen LogP contribution in [0.5, 0.6) is 0 Å². The third kappa shape index (κ3) is 8.53. The molecular weight excluding hydrogens is 384 g/mol. The number of rotatable bonds is 13. The highest BCUT2D eigenvalue weighted by atomic mass is 14.4. The van der Waals surface area contributed by atoms with Crippen LogP contribution >= 0.6 is 0 Å². The Morgan fingerprint density at radius 1 is 0.688 bits per heavy atom. The van der Waals surface area contributed by atoms with E-state index in [-0.39, 0.29) is 0 Å². The van der Waals surface area contributed by atoms with Crippen LogP contribution in [0.25, 0.3) is 0 Å². The molecule has 0 spiro atoms. The lowest BCUT2D eigenvalue weighted by molar-refractivity contribution is 0.177. The van der Waals surface area contributed by atoms with Crippen LogP contribution in [0.15, 0.2) is 24.3 Å². The maximum Gasteiger partial charge on any atom is -0.0162 e. The Balaban J connectivity index is 1.34. The third-order valence-corrected chi connectivity index (χ3v) is 9.30. The lowest BCUT2D eigenvalue weighted by Crippen LogP contribution is -2.23. The second-order valence-corrected chi connectivity index (χ2v) is 12.1. The van der Waals surface area contributed by atoms with Crippen LogP contribution in [-0.2, 0) is 6.42 Å². The summed E-state index contributed by atoms with van der Waals surface area (Å²) in [4.78, 5) is 0. The van der Waals surface area contributed by atoms with E-state index in [1.165, 1.54) is 122 Å². The fraction of sp³-hybridized carbons (Fsp3) is 0.812. The van der Waals surface area contributed by atoms with Crippen LogP contribution in [0.1, 0.15) is 153 Å². The van der Waals surface area contributed by atoms with Crippen LogP contribution in [0.4, 0.5) is 0 Å². The fourth-order valence-corrected chi connectivity index (χ4v) is 6.68. The lowest BCUT2D eigenvalue weighted by Gasteiger charge is -2.38. The van der Waals surface area contributed by atoms with Crippen molar-refractivity contribution in [1.29, 1.82) is 0 Å². The van der Waals surface area contributed by atoms with Gasteiger partial charge in [0.1, 0.15) is 0 Å². The monoisotopic (exact) mass is 438 g/mol. The quantitative estimate of drug-likeness (QED) is 0.269. The van der Waals surface area contributed by atoms with Gasteiger partial charge in [-0.1, -0.05) is 122 Å². The van der Waals surface area contributed by atoms with Gasteiger partial charge in [-0.3, -0.25) is 0 Å². The molecule has 1 aromatic carbocycles. The molecule has 0 N–H and O–H groups in total. The summed E-state index contributed by atoms with van der Waals surface area (Å²) in [5.74, 6) is 2.85. The predicted molar refractivity (Wildman–Crippen MR) is 142 cm³/mol. The SMILES string of the molecule is CCCCCCCC1(C)CCC(c2ccc(CCC3CCC(CCCC)CC3)cc2)CC1. The van der Waals surface area contributed by atoms with Gasteiger partial charge in [0, 0.05) is 0 Å². The van der Waals surface area contributed by atoms with Crippen molar-refractivity contribution in [1.82, 2.24) is 0 Å². The van der Waals surface area contributed by atoms with Crippen molar-refractivity contribution in [2.24, 2.45) is 17.3 Å². The van der Waals surface area contributed by atoms with Gasteiger partial charge in [-0.2, -0.15) is 0 Å². The first-order valence-electron chi connectivity index (χ1n) is 14.7. The van der Waals surface area contributed by atoms with Gasteiger partial charge < -0.3 is 0 Å². The number of benzene rings is 1. The summed E-state index contributed by atoms with van der Waals surface area (Å²) in [5.41, 5.74) is 3.82. The van der Waals surface area contributed by atoms with Crippen molar-refractivity contribution in [3.63, 3.8) is 0 Å². The van der Waals surface area contributed by atoms with Crippen LogP contribution in [0.3, 0.4) is 0 Å². The standard InChI is InChI=1S/C32H54/c1-4-6-8-9-10-24-32(3)25-22-31(23-26-32)30-20-18-29(19-21-30)17-16-28-14-12-27(13-15-28)11-7-5-2/h18-21,27-28,31H,4-17,22-26H2,1-3H3. The summed E-state index contributed by atoms with van der Waals surface area (Å²) < 4.78 is 0. The van der Waals surface area contributed by atoms with Gasteiger partial charge >= 0.3 is 0 Å². The van der Waals surface area contributed by atoms with E-state index in [1.54, 1.807) is 11.1 Å². The van der Waals surface area contributed by atoms with Crippen LogP contribution in [0.2, 0.25) is 0 Å². The number of unbranched alkanes of at least 4 members (excludes halogenated alkanes) is 5. The van der Waals surface area contributed by atoms with E-state index in [2.05, 4.69) is 45.0 Å². The summed E-state index contributed by atoms with van der Waals surface area (Å²) in [6, 6.07) is 9.89. The van der Waals surface area contributed by atoms with Crippen molar-refractivity contribution in [3.05, 3.63) is 35.4 Å². The molecule has 0 aromatic heterocycles. The van der Waals surface area contributed by atoms with Crippen molar-refractivity contribution in [2.45, 2.75) is 149 Å². The third-order valence-electron chi connectivity index (χ3n) is 9.30. The molecule has 32 heavy (non-hydrogen) atoms. The molecule has 0 bridgehead atoms. The Kier molecular flexibility index (Phi) is 11.2. The molecule has 0 saturated heterocycles. The maximum atomic E-state index is 2.57. The molecule has 2 saturated carbocycles. The van der Waals surface area contributed by atoms with Crippen molar-refractivity contribution in [3.8, 4) is 0 Å². The van der Waals surface area contributed by atoms with Gasteiger partial charge in [-0.25, -0.2) is 0 Å². The lowest BCUT2D eigenvalue weighted by atomic mass is 9.68. The molecule has 2 aliphatic rings. The zero-order chi connectivity index (χ0) is 22.7. The molecule has 0 atom stereocenters. The van der Waals surface area contributed by atoms with Gasteiger partial charge in [-0.15, -0.1) is 0 Å². The molecule has 0 amide bonds. The smallest absolute Gasteiger partial charge is 0.0162 e. The van der Waals surface area contributed by atoms with E-state index < -0.39 is 0 Å². The van der Waals surface area contributed by atoms with Gasteiger partial charge in [0.2, 0.25) is 0 Å². The molecule has 0 radical (unpaired) electrons. The minimum atomic E-state index is 0.623. The van der Waals surface area contributed by atoms with E-state index in [1.807, 2.05) is 0 Å². The number of aryl methyl sites for hydroxylation is 1. The Labute approximate surface area is 201 Å². The first kappa shape index (κ1) is 25.8. The summed E-state index contributed by atoms with van der Waals surface area (Å²) in [6.45, 7) is 7.22. The van der Waals surface area contributed by atoms with Crippen molar-refractivity contribution in [2.75, 3.05) is 0 Å². The molecular formula is C32H54. The Hall–Kier alpha value is -0.780. The largest absolute Gasteiger partial charge is 0.0654 e. The molecule has 3 rings (SSSR count). The molecule has 0 aliphatic heterocycles. The minimum Gasteiger partial charge on any atom is -0.0654 e. The molecule has 2 aliphatic carbocycles. The van der Waals surface area contributed by atoms with Crippen molar-refractivity contribution < 1.29 is 0 Å². The number of hydrogen-bond acceptors (Lipinski definition) is 0. The van der Waals surface area contributed by atoms with E-state index in [9.17, 15) is 0 Å². The normalized spacial score (nSPS) is 28.7. The van der Waals surface area contributed by atoms with E-state index >= 15 is 0 Å². The van der Waals surface area contributed by atoms with Crippen LogP contribution in [-0.4, -0.2) is 0 Å². The summed E-state index contributed by atoms with van der Waals surface area (Å²) >= 11 is 0. The van der Waals surface area contributed by atoms with Gasteiger partial charge in [0.25, 0.3) is 0 Å². The van der Waals surface area contributed by atoms with E-state index in [0.29, 0.717) is 5.41 Å². The Bertz CT molecular complexity index is 595. The molecule has 0 unspecified atom stereocenters. The summed E-state index contributed by atoms with van der Waals surface area (Å²) in [5, 5.41) is 0. The Morgan fingerprint density at radius 2 is 1.28 bits per heavy atom. The summed E-state index contributed by atoms with van der Waals surface area (Å²) in [7, 11) is 0.